The minimum absolute atomic E-state index is 0.889. The second-order valence-corrected chi connectivity index (χ2v) is 15.8. The molecule has 0 unspecified atom stereocenters. The first-order valence-electron chi connectivity index (χ1n) is 20.8. The van der Waals surface area contributed by atoms with Gasteiger partial charge in [-0.15, -0.1) is 0 Å². The van der Waals surface area contributed by atoms with Gasteiger partial charge in [0.05, 0.1) is 28.1 Å². The predicted molar refractivity (Wildman–Crippen MR) is 259 cm³/mol. The lowest BCUT2D eigenvalue weighted by Gasteiger charge is -2.29. The van der Waals surface area contributed by atoms with Crippen molar-refractivity contribution in [2.24, 2.45) is 0 Å². The first-order chi connectivity index (χ1) is 30.2. The molecule has 12 aromatic rings. The van der Waals surface area contributed by atoms with Gasteiger partial charge in [0.15, 0.2) is 0 Å². The lowest BCUT2D eigenvalue weighted by atomic mass is 9.95. The van der Waals surface area contributed by atoms with Crippen molar-refractivity contribution in [3.63, 3.8) is 0 Å². The number of nitrogens with zero attached hydrogens (tertiary/aromatic N) is 4. The van der Waals surface area contributed by atoms with Crippen LogP contribution in [0.1, 0.15) is 5.69 Å². The number of hydrogen-bond donors (Lipinski definition) is 0. The Balaban J connectivity index is 1.18. The van der Waals surface area contributed by atoms with Crippen molar-refractivity contribution < 1.29 is 0 Å². The molecule has 61 heavy (non-hydrogen) atoms. The Kier molecular flexibility index (Phi) is 8.04. The van der Waals surface area contributed by atoms with E-state index < -0.39 is 0 Å². The summed E-state index contributed by atoms with van der Waals surface area (Å²) in [4.78, 5) is 15.1. The molecule has 0 spiro atoms. The maximum atomic E-state index is 5.16. The molecule has 0 saturated carbocycles. The zero-order chi connectivity index (χ0) is 40.4. The maximum absolute atomic E-state index is 5.16. The second kappa shape index (κ2) is 14.0. The highest BCUT2D eigenvalue weighted by molar-refractivity contribution is 6.25. The first-order valence-corrected chi connectivity index (χ1v) is 20.8. The van der Waals surface area contributed by atoms with Crippen molar-refractivity contribution in [3.05, 3.63) is 218 Å². The number of anilines is 6. The topological polar surface area (TPSA) is 32.3 Å². The van der Waals surface area contributed by atoms with Crippen molar-refractivity contribution in [2.45, 2.75) is 6.92 Å². The number of para-hydroxylation sites is 2. The van der Waals surface area contributed by atoms with Gasteiger partial charge in [-0.2, -0.15) is 0 Å². The summed E-state index contributed by atoms with van der Waals surface area (Å²) in [6.45, 7) is 2.02. The van der Waals surface area contributed by atoms with E-state index in [1.165, 1.54) is 43.1 Å². The second-order valence-electron chi connectivity index (χ2n) is 15.8. The zero-order valence-electron chi connectivity index (χ0n) is 33.5. The van der Waals surface area contributed by atoms with Crippen molar-refractivity contribution >= 4 is 110 Å². The Morgan fingerprint density at radius 3 is 1.11 bits per heavy atom. The summed E-state index contributed by atoms with van der Waals surface area (Å²) in [5.74, 6) is 0. The molecule has 286 valence electrons. The van der Waals surface area contributed by atoms with E-state index in [1.807, 2.05) is 13.1 Å². The number of aryl methyl sites for hydroxylation is 1. The van der Waals surface area contributed by atoms with E-state index in [0.29, 0.717) is 0 Å². The van der Waals surface area contributed by atoms with Gasteiger partial charge in [-0.3, -0.25) is 4.98 Å². The van der Waals surface area contributed by atoms with E-state index in [0.717, 1.165) is 72.4 Å². The van der Waals surface area contributed by atoms with Crippen LogP contribution in [0.5, 0.6) is 0 Å². The number of aromatic nitrogens is 2. The Hall–Kier alpha value is -8.08. The van der Waals surface area contributed by atoms with Gasteiger partial charge in [0.1, 0.15) is 0 Å². The van der Waals surface area contributed by atoms with Gasteiger partial charge in [-0.1, -0.05) is 146 Å². The Morgan fingerprint density at radius 1 is 0.311 bits per heavy atom. The highest BCUT2D eigenvalue weighted by atomic mass is 15.2. The van der Waals surface area contributed by atoms with Crippen molar-refractivity contribution in [2.75, 3.05) is 9.80 Å². The van der Waals surface area contributed by atoms with E-state index in [9.17, 15) is 0 Å². The minimum atomic E-state index is 0.889. The standard InChI is InChI=1S/C57H38N4/c1-37-36-58-54-50-30-28-44(60(42-20-4-2-5-21-42)56-46-24-12-8-16-38(46)32-39-17-9-13-25-47(39)56)34-52(50)53-35-45(29-31-51(53)55(54)59-37)61(43-22-6-3-7-23-43)57-48-26-14-10-18-40(48)33-41-19-11-15-27-49(41)57/h2-36H,1H3. The minimum Gasteiger partial charge on any atom is -0.309 e. The number of rotatable bonds is 6. The molecule has 0 aliphatic heterocycles. The van der Waals surface area contributed by atoms with E-state index in [-0.39, 0.29) is 0 Å². The molecule has 0 radical (unpaired) electrons. The highest BCUT2D eigenvalue weighted by Crippen LogP contribution is 2.48. The lowest BCUT2D eigenvalue weighted by Crippen LogP contribution is -2.11. The molecule has 0 saturated heterocycles. The fourth-order valence-corrected chi connectivity index (χ4v) is 9.49. The third-order valence-corrected chi connectivity index (χ3v) is 12.2. The third kappa shape index (κ3) is 5.68. The third-order valence-electron chi connectivity index (χ3n) is 12.2. The van der Waals surface area contributed by atoms with Crippen LogP contribution in [0.25, 0.3) is 75.7 Å². The fraction of sp³-hybridized carbons (Fsp3) is 0.0175. The number of benzene rings is 11. The van der Waals surface area contributed by atoms with Gasteiger partial charge in [0.25, 0.3) is 0 Å². The fourth-order valence-electron chi connectivity index (χ4n) is 9.49. The van der Waals surface area contributed by atoms with Crippen LogP contribution in [0.2, 0.25) is 0 Å². The van der Waals surface area contributed by atoms with Gasteiger partial charge in [0.2, 0.25) is 0 Å². The van der Waals surface area contributed by atoms with Crippen LogP contribution < -0.4 is 9.80 Å². The zero-order valence-corrected chi connectivity index (χ0v) is 33.5. The summed E-state index contributed by atoms with van der Waals surface area (Å²) in [6.07, 6.45) is 1.89. The van der Waals surface area contributed by atoms with E-state index in [2.05, 4.69) is 216 Å². The monoisotopic (exact) mass is 778 g/mol. The van der Waals surface area contributed by atoms with E-state index in [4.69, 9.17) is 9.97 Å². The molecule has 0 fully saturated rings. The van der Waals surface area contributed by atoms with Crippen LogP contribution in [0.3, 0.4) is 0 Å². The largest absolute Gasteiger partial charge is 0.309 e. The summed E-state index contributed by atoms with van der Waals surface area (Å²) in [5, 5.41) is 13.9. The first kappa shape index (κ1) is 34.9. The van der Waals surface area contributed by atoms with Crippen LogP contribution in [0, 0.1) is 6.92 Å². The lowest BCUT2D eigenvalue weighted by molar-refractivity contribution is 1.19. The summed E-state index contributed by atoms with van der Waals surface area (Å²) in [5.41, 5.74) is 9.29. The van der Waals surface area contributed by atoms with E-state index >= 15 is 0 Å². The average molecular weight is 779 g/mol. The molecule has 0 aliphatic carbocycles. The van der Waals surface area contributed by atoms with Crippen molar-refractivity contribution in [3.8, 4) is 0 Å². The molecular weight excluding hydrogens is 741 g/mol. The van der Waals surface area contributed by atoms with Crippen molar-refractivity contribution in [1.82, 2.24) is 9.97 Å². The molecule has 11 aromatic carbocycles. The normalized spacial score (nSPS) is 11.7. The summed E-state index contributed by atoms with van der Waals surface area (Å²) < 4.78 is 0. The van der Waals surface area contributed by atoms with Crippen LogP contribution >= 0.6 is 0 Å². The number of fused-ring (bicyclic) bond motifs is 10. The van der Waals surface area contributed by atoms with Gasteiger partial charge < -0.3 is 9.80 Å². The van der Waals surface area contributed by atoms with Crippen molar-refractivity contribution in [1.29, 1.82) is 0 Å². The average Bonchev–Trinajstić information content (AvgIpc) is 3.32. The Bertz CT molecular complexity index is 3570. The van der Waals surface area contributed by atoms with E-state index in [1.54, 1.807) is 0 Å². The summed E-state index contributed by atoms with van der Waals surface area (Å²) in [7, 11) is 0. The summed E-state index contributed by atoms with van der Waals surface area (Å²) in [6, 6.07) is 74.8. The van der Waals surface area contributed by atoms with Gasteiger partial charge in [0, 0.05) is 61.3 Å². The SMILES string of the molecule is Cc1cnc2c3ccc(N(c4ccccc4)c4c5ccccc5cc5ccccc45)cc3c3cc(N(c4ccccc4)c4c5ccccc5cc5ccccc45)ccc3c2n1. The molecule has 12 rings (SSSR count). The van der Waals surface area contributed by atoms with Crippen LogP contribution in [0.15, 0.2) is 212 Å². The van der Waals surface area contributed by atoms with Gasteiger partial charge in [-0.25, -0.2) is 4.98 Å². The molecular formula is C57H38N4. The maximum Gasteiger partial charge on any atom is 0.0974 e. The van der Waals surface area contributed by atoms with Gasteiger partial charge in [-0.05, 0) is 99.9 Å². The molecule has 1 heterocycles. The predicted octanol–water partition coefficient (Wildman–Crippen LogP) is 15.8. The molecule has 0 atom stereocenters. The molecule has 0 N–H and O–H groups in total. The molecule has 0 bridgehead atoms. The molecule has 0 amide bonds. The van der Waals surface area contributed by atoms with Crippen LogP contribution in [-0.4, -0.2) is 9.97 Å². The Labute approximate surface area is 353 Å². The molecule has 4 heteroatoms. The molecule has 1 aromatic heterocycles. The smallest absolute Gasteiger partial charge is 0.0974 e. The van der Waals surface area contributed by atoms with Gasteiger partial charge >= 0.3 is 0 Å². The van der Waals surface area contributed by atoms with Crippen LogP contribution in [-0.2, 0) is 0 Å². The van der Waals surface area contributed by atoms with Crippen LogP contribution in [0.4, 0.5) is 34.1 Å². The summed E-state index contributed by atoms with van der Waals surface area (Å²) >= 11 is 0. The molecule has 4 nitrogen and oxygen atoms in total. The quantitative estimate of drug-likeness (QED) is 0.124. The number of hydrogen-bond acceptors (Lipinski definition) is 4. The molecule has 0 aliphatic rings. The Morgan fingerprint density at radius 2 is 0.689 bits per heavy atom. The highest BCUT2D eigenvalue weighted by Gasteiger charge is 2.23.